The normalized spacial score (nSPS) is 12.3. The lowest BCUT2D eigenvalue weighted by atomic mass is 10.0. The summed E-state index contributed by atoms with van der Waals surface area (Å²) in [4.78, 5) is 7.82. The highest BCUT2D eigenvalue weighted by molar-refractivity contribution is 5.41. The monoisotopic (exact) mass is 325 g/mol. The van der Waals surface area contributed by atoms with Gasteiger partial charge in [-0.05, 0) is 30.5 Å². The minimum atomic E-state index is -2.86. The van der Waals surface area contributed by atoms with E-state index in [0.29, 0.717) is 18.5 Å². The zero-order valence-electron chi connectivity index (χ0n) is 12.9. The Balaban J connectivity index is 2.17. The van der Waals surface area contributed by atoms with Crippen LogP contribution in [0, 0.1) is 5.82 Å². The molecule has 1 heterocycles. The van der Waals surface area contributed by atoms with Crippen LogP contribution in [0.3, 0.4) is 0 Å². The highest BCUT2D eigenvalue weighted by atomic mass is 19.3. The Kier molecular flexibility index (Phi) is 5.78. The highest BCUT2D eigenvalue weighted by Gasteiger charge is 2.15. The van der Waals surface area contributed by atoms with Gasteiger partial charge in [-0.2, -0.15) is 8.78 Å². The predicted octanol–water partition coefficient (Wildman–Crippen LogP) is 4.34. The number of anilines is 1. The second-order valence-corrected chi connectivity index (χ2v) is 4.89. The number of aromatic nitrogens is 2. The van der Waals surface area contributed by atoms with Gasteiger partial charge in [-0.3, -0.25) is 0 Å². The maximum Gasteiger partial charge on any atom is 0.387 e. The molecule has 0 saturated heterocycles. The summed E-state index contributed by atoms with van der Waals surface area (Å²) in [7, 11) is 0. The highest BCUT2D eigenvalue weighted by Crippen LogP contribution is 2.26. The first-order valence-corrected chi connectivity index (χ1v) is 7.35. The molecular weight excluding hydrogens is 307 g/mol. The Morgan fingerprint density at radius 3 is 2.39 bits per heavy atom. The first-order chi connectivity index (χ1) is 11.0. The van der Waals surface area contributed by atoms with Crippen LogP contribution in [-0.4, -0.2) is 16.6 Å². The summed E-state index contributed by atoms with van der Waals surface area (Å²) in [5.74, 6) is -0.247. The second kappa shape index (κ2) is 7.80. The van der Waals surface area contributed by atoms with Crippen LogP contribution in [0.2, 0.25) is 0 Å². The van der Waals surface area contributed by atoms with Gasteiger partial charge in [0.15, 0.2) is 11.6 Å². The molecule has 1 aromatic heterocycles. The molecule has 2 aromatic rings. The molecule has 124 valence electrons. The molecule has 0 fully saturated rings. The third-order valence-electron chi connectivity index (χ3n) is 3.42. The van der Waals surface area contributed by atoms with Gasteiger partial charge in [-0.15, -0.1) is 0 Å². The van der Waals surface area contributed by atoms with E-state index in [1.165, 1.54) is 18.5 Å². The molecule has 0 aliphatic carbocycles. The van der Waals surface area contributed by atoms with E-state index in [-0.39, 0.29) is 17.6 Å². The summed E-state index contributed by atoms with van der Waals surface area (Å²) in [5.41, 5.74) is 1.17. The zero-order valence-corrected chi connectivity index (χ0v) is 12.9. The van der Waals surface area contributed by atoms with Crippen molar-refractivity contribution in [3.05, 3.63) is 47.7 Å². The number of halogens is 3. The standard InChI is InChI=1S/C16H18F3N3O/c1-3-12(10-5-7-11(8-6-10)23-16(18)19)22-15-14(17)13(4-2)20-9-21-15/h5-9,12,16H,3-4H2,1-2H3,(H,20,21,22). The lowest BCUT2D eigenvalue weighted by Gasteiger charge is -2.19. The average molecular weight is 325 g/mol. The number of hydrogen-bond acceptors (Lipinski definition) is 4. The van der Waals surface area contributed by atoms with E-state index in [4.69, 9.17) is 0 Å². The molecule has 0 spiro atoms. The van der Waals surface area contributed by atoms with Gasteiger partial charge in [0.25, 0.3) is 0 Å². The molecule has 1 aromatic carbocycles. The van der Waals surface area contributed by atoms with Gasteiger partial charge < -0.3 is 10.1 Å². The summed E-state index contributed by atoms with van der Waals surface area (Å²) in [6.45, 7) is 0.887. The topological polar surface area (TPSA) is 47.0 Å². The van der Waals surface area contributed by atoms with E-state index < -0.39 is 12.4 Å². The van der Waals surface area contributed by atoms with Crippen LogP contribution >= 0.6 is 0 Å². The van der Waals surface area contributed by atoms with Crippen LogP contribution in [0.4, 0.5) is 19.0 Å². The van der Waals surface area contributed by atoms with E-state index >= 15 is 0 Å². The third-order valence-corrected chi connectivity index (χ3v) is 3.42. The van der Waals surface area contributed by atoms with E-state index in [1.54, 1.807) is 12.1 Å². The van der Waals surface area contributed by atoms with E-state index in [0.717, 1.165) is 5.56 Å². The van der Waals surface area contributed by atoms with Crippen LogP contribution < -0.4 is 10.1 Å². The van der Waals surface area contributed by atoms with Crippen molar-refractivity contribution in [3.8, 4) is 5.75 Å². The van der Waals surface area contributed by atoms with E-state index in [1.807, 2.05) is 13.8 Å². The molecule has 4 nitrogen and oxygen atoms in total. The SMILES string of the molecule is CCc1ncnc(NC(CC)c2ccc(OC(F)F)cc2)c1F. The lowest BCUT2D eigenvalue weighted by Crippen LogP contribution is -2.13. The Morgan fingerprint density at radius 2 is 1.83 bits per heavy atom. The summed E-state index contributed by atoms with van der Waals surface area (Å²) in [6.07, 6.45) is 2.45. The largest absolute Gasteiger partial charge is 0.435 e. The van der Waals surface area contributed by atoms with Crippen LogP contribution in [0.1, 0.15) is 37.6 Å². The number of aryl methyl sites for hydroxylation is 1. The van der Waals surface area contributed by atoms with Gasteiger partial charge in [0, 0.05) is 0 Å². The molecule has 23 heavy (non-hydrogen) atoms. The van der Waals surface area contributed by atoms with Gasteiger partial charge in [-0.25, -0.2) is 14.4 Å². The Morgan fingerprint density at radius 1 is 1.13 bits per heavy atom. The fourth-order valence-corrected chi connectivity index (χ4v) is 2.22. The second-order valence-electron chi connectivity index (χ2n) is 4.89. The quantitative estimate of drug-likeness (QED) is 0.822. The number of nitrogens with one attached hydrogen (secondary N) is 1. The Bertz CT molecular complexity index is 635. The van der Waals surface area contributed by atoms with E-state index in [9.17, 15) is 13.2 Å². The number of benzene rings is 1. The minimum absolute atomic E-state index is 0.0834. The van der Waals surface area contributed by atoms with Crippen molar-refractivity contribution in [1.29, 1.82) is 0 Å². The number of nitrogens with zero attached hydrogens (tertiary/aromatic N) is 2. The molecule has 1 unspecified atom stereocenters. The van der Waals surface area contributed by atoms with E-state index in [2.05, 4.69) is 20.0 Å². The molecule has 0 radical (unpaired) electrons. The molecule has 0 amide bonds. The Labute approximate surface area is 132 Å². The van der Waals surface area contributed by atoms with Crippen LogP contribution in [0.5, 0.6) is 5.75 Å². The summed E-state index contributed by atoms with van der Waals surface area (Å²) < 4.78 is 42.8. The maximum atomic E-state index is 14.2. The maximum absolute atomic E-state index is 14.2. The van der Waals surface area contributed by atoms with Gasteiger partial charge in [0.2, 0.25) is 0 Å². The smallest absolute Gasteiger partial charge is 0.387 e. The van der Waals surface area contributed by atoms with Crippen molar-refractivity contribution < 1.29 is 17.9 Å². The molecule has 0 saturated carbocycles. The molecule has 2 rings (SSSR count). The first-order valence-electron chi connectivity index (χ1n) is 7.35. The van der Waals surface area contributed by atoms with Crippen molar-refractivity contribution in [2.45, 2.75) is 39.3 Å². The molecule has 1 atom stereocenters. The minimum Gasteiger partial charge on any atom is -0.435 e. The number of alkyl halides is 2. The molecule has 0 aliphatic heterocycles. The fourth-order valence-electron chi connectivity index (χ4n) is 2.22. The first kappa shape index (κ1) is 17.1. The van der Waals surface area contributed by atoms with Crippen LogP contribution in [0.25, 0.3) is 0 Å². The molecular formula is C16H18F3N3O. The van der Waals surface area contributed by atoms with Gasteiger partial charge in [0.1, 0.15) is 12.1 Å². The van der Waals surface area contributed by atoms with Gasteiger partial charge >= 0.3 is 6.61 Å². The van der Waals surface area contributed by atoms with Crippen LogP contribution in [0.15, 0.2) is 30.6 Å². The van der Waals surface area contributed by atoms with Gasteiger partial charge in [-0.1, -0.05) is 26.0 Å². The van der Waals surface area contributed by atoms with Crippen LogP contribution in [-0.2, 0) is 6.42 Å². The Hall–Kier alpha value is -2.31. The lowest BCUT2D eigenvalue weighted by molar-refractivity contribution is -0.0498. The van der Waals surface area contributed by atoms with Crippen molar-refractivity contribution in [3.63, 3.8) is 0 Å². The van der Waals surface area contributed by atoms with Crippen molar-refractivity contribution >= 4 is 5.82 Å². The summed E-state index contributed by atoms with van der Waals surface area (Å²) in [6, 6.07) is 6.04. The van der Waals surface area contributed by atoms with Crippen molar-refractivity contribution in [1.82, 2.24) is 9.97 Å². The van der Waals surface area contributed by atoms with Gasteiger partial charge in [0.05, 0.1) is 11.7 Å². The molecule has 1 N–H and O–H groups in total. The zero-order chi connectivity index (χ0) is 16.8. The van der Waals surface area contributed by atoms with Crippen molar-refractivity contribution in [2.24, 2.45) is 0 Å². The molecule has 0 bridgehead atoms. The summed E-state index contributed by atoms with van der Waals surface area (Å²) >= 11 is 0. The predicted molar refractivity (Wildman–Crippen MR) is 81.1 cm³/mol. The summed E-state index contributed by atoms with van der Waals surface area (Å²) in [5, 5.41) is 3.03. The number of hydrogen-bond donors (Lipinski definition) is 1. The molecule has 0 aliphatic rings. The molecule has 7 heteroatoms. The average Bonchev–Trinajstić information content (AvgIpc) is 2.54. The third kappa shape index (κ3) is 4.34. The van der Waals surface area contributed by atoms with Crippen molar-refractivity contribution in [2.75, 3.05) is 5.32 Å². The number of rotatable bonds is 7. The fraction of sp³-hybridized carbons (Fsp3) is 0.375. The number of ether oxygens (including phenoxy) is 1.